The van der Waals surface area contributed by atoms with Gasteiger partial charge in [-0.15, -0.1) is 5.48 Å². The highest BCUT2D eigenvalue weighted by Crippen LogP contribution is 2.33. The van der Waals surface area contributed by atoms with Crippen molar-refractivity contribution >= 4 is 11.9 Å². The third-order valence-corrected chi connectivity index (χ3v) is 6.76. The van der Waals surface area contributed by atoms with Gasteiger partial charge < -0.3 is 9.94 Å². The van der Waals surface area contributed by atoms with Crippen LogP contribution < -0.4 is 5.48 Å². The first-order chi connectivity index (χ1) is 15.2. The topological polar surface area (TPSA) is 74.2 Å². The number of rotatable bonds is 6. The van der Waals surface area contributed by atoms with E-state index < -0.39 is 5.97 Å². The summed E-state index contributed by atoms with van der Waals surface area (Å²) >= 11 is 0. The number of benzene rings is 2. The first kappa shape index (κ1) is 20.2. The van der Waals surface area contributed by atoms with Gasteiger partial charge in [0.1, 0.15) is 0 Å². The maximum atomic E-state index is 10.9. The molecule has 0 spiro atoms. The minimum absolute atomic E-state index is 0.219. The molecule has 6 nitrogen and oxygen atoms in total. The van der Waals surface area contributed by atoms with Gasteiger partial charge in [-0.2, -0.15) is 0 Å². The Morgan fingerprint density at radius 2 is 1.68 bits per heavy atom. The van der Waals surface area contributed by atoms with Gasteiger partial charge in [0.15, 0.2) is 6.17 Å². The molecule has 1 saturated carbocycles. The Labute approximate surface area is 182 Å². The molecule has 2 N–H and O–H groups in total. The second-order valence-electron chi connectivity index (χ2n) is 8.98. The molecule has 1 saturated heterocycles. The zero-order chi connectivity index (χ0) is 21.2. The van der Waals surface area contributed by atoms with Gasteiger partial charge in [-0.05, 0) is 47.6 Å². The van der Waals surface area contributed by atoms with Gasteiger partial charge in [-0.3, -0.25) is 9.69 Å². The molecular formula is C25H29N3O3. The van der Waals surface area contributed by atoms with Gasteiger partial charge >= 0.3 is 5.97 Å². The highest BCUT2D eigenvalue weighted by molar-refractivity contribution is 5.94. The molecule has 3 aliphatic rings. The van der Waals surface area contributed by atoms with Crippen LogP contribution in [-0.4, -0.2) is 35.0 Å². The van der Waals surface area contributed by atoms with Crippen molar-refractivity contribution in [2.45, 2.75) is 50.7 Å². The fourth-order valence-electron chi connectivity index (χ4n) is 4.81. The van der Waals surface area contributed by atoms with Crippen LogP contribution in [0, 0.1) is 5.92 Å². The molecule has 162 valence electrons. The van der Waals surface area contributed by atoms with Crippen molar-refractivity contribution < 1.29 is 14.7 Å². The summed E-state index contributed by atoms with van der Waals surface area (Å²) in [5.41, 5.74) is 7.67. The molecular weight excluding hydrogens is 390 g/mol. The number of hydroxylamine groups is 1. The Bertz CT molecular complexity index is 943. The lowest BCUT2D eigenvalue weighted by atomic mass is 9.84. The Hall–Kier alpha value is -2.70. The Kier molecular flexibility index (Phi) is 5.74. The van der Waals surface area contributed by atoms with Gasteiger partial charge in [0.25, 0.3) is 0 Å². The predicted octanol–water partition coefficient (Wildman–Crippen LogP) is 4.23. The van der Waals surface area contributed by atoms with E-state index in [0.29, 0.717) is 24.9 Å². The molecule has 2 aromatic rings. The van der Waals surface area contributed by atoms with Gasteiger partial charge in [-0.25, -0.2) is 4.99 Å². The van der Waals surface area contributed by atoms with Crippen molar-refractivity contribution in [3.05, 3.63) is 70.8 Å². The number of nitrogens with zero attached hydrogens (tertiary/aromatic N) is 2. The second-order valence-corrected chi connectivity index (χ2v) is 8.98. The fraction of sp³-hybridized carbons (Fsp3) is 0.440. The summed E-state index contributed by atoms with van der Waals surface area (Å²) in [6.45, 7) is 2.03. The van der Waals surface area contributed by atoms with Gasteiger partial charge in [0.05, 0.1) is 5.92 Å². The van der Waals surface area contributed by atoms with E-state index in [4.69, 9.17) is 14.9 Å². The van der Waals surface area contributed by atoms with E-state index >= 15 is 0 Å². The second kappa shape index (κ2) is 8.81. The first-order valence-corrected chi connectivity index (χ1v) is 11.3. The molecule has 31 heavy (non-hydrogen) atoms. The average Bonchev–Trinajstić information content (AvgIpc) is 3.27. The van der Waals surface area contributed by atoms with Crippen LogP contribution in [0.25, 0.3) is 0 Å². The summed E-state index contributed by atoms with van der Waals surface area (Å²) in [5, 5.41) is 8.99. The molecule has 2 fully saturated rings. The van der Waals surface area contributed by atoms with E-state index in [1.807, 2.05) is 0 Å². The lowest BCUT2D eigenvalue weighted by Crippen LogP contribution is -2.49. The van der Waals surface area contributed by atoms with Crippen LogP contribution in [0.15, 0.2) is 53.5 Å². The number of carbonyl (C=O) groups is 1. The molecule has 0 bridgehead atoms. The van der Waals surface area contributed by atoms with E-state index in [2.05, 4.69) is 58.9 Å². The molecule has 1 atom stereocenters. The van der Waals surface area contributed by atoms with E-state index in [0.717, 1.165) is 17.7 Å². The van der Waals surface area contributed by atoms with Crippen LogP contribution in [0.2, 0.25) is 0 Å². The Balaban J connectivity index is 1.19. The molecule has 0 aromatic heterocycles. The average molecular weight is 420 g/mol. The number of aliphatic imine (C=N–C) groups is 1. The summed E-state index contributed by atoms with van der Waals surface area (Å²) in [5.74, 6) is 0.411. The Morgan fingerprint density at radius 3 is 2.35 bits per heavy atom. The van der Waals surface area contributed by atoms with E-state index in [1.165, 1.54) is 43.2 Å². The molecule has 1 unspecified atom stereocenters. The third-order valence-electron chi connectivity index (χ3n) is 6.76. The smallest absolute Gasteiger partial charge is 0.309 e. The molecule has 1 aliphatic carbocycles. The predicted molar refractivity (Wildman–Crippen MR) is 119 cm³/mol. The first-order valence-electron chi connectivity index (χ1n) is 11.3. The maximum Gasteiger partial charge on any atom is 0.309 e. The number of likely N-dealkylation sites (tertiary alicyclic amines) is 1. The van der Waals surface area contributed by atoms with Crippen LogP contribution >= 0.6 is 0 Å². The van der Waals surface area contributed by atoms with Crippen molar-refractivity contribution in [2.75, 3.05) is 13.1 Å². The number of carboxylic acid groups (broad SMARTS) is 1. The zero-order valence-electron chi connectivity index (χ0n) is 17.7. The minimum atomic E-state index is -0.698. The molecule has 5 rings (SSSR count). The number of carboxylic acids is 1. The lowest BCUT2D eigenvalue weighted by Gasteiger charge is -2.36. The third kappa shape index (κ3) is 4.50. The highest BCUT2D eigenvalue weighted by Gasteiger charge is 2.32. The Morgan fingerprint density at radius 1 is 1.00 bits per heavy atom. The van der Waals surface area contributed by atoms with Crippen LogP contribution in [0.3, 0.4) is 0 Å². The highest BCUT2D eigenvalue weighted by atomic mass is 16.7. The number of nitrogens with one attached hydrogen (secondary N) is 1. The molecule has 2 aliphatic heterocycles. The minimum Gasteiger partial charge on any atom is -0.481 e. The van der Waals surface area contributed by atoms with Crippen LogP contribution in [-0.2, 0) is 16.2 Å². The largest absolute Gasteiger partial charge is 0.481 e. The van der Waals surface area contributed by atoms with Crippen LogP contribution in [0.1, 0.15) is 66.4 Å². The number of hydrogen-bond acceptors (Lipinski definition) is 5. The maximum absolute atomic E-state index is 10.9. The van der Waals surface area contributed by atoms with Crippen molar-refractivity contribution in [2.24, 2.45) is 10.9 Å². The molecule has 2 aromatic carbocycles. The monoisotopic (exact) mass is 419 g/mol. The summed E-state index contributed by atoms with van der Waals surface area (Å²) < 4.78 is 0. The normalized spacial score (nSPS) is 22.6. The number of hydrogen-bond donors (Lipinski definition) is 2. The quantitative estimate of drug-likeness (QED) is 0.733. The van der Waals surface area contributed by atoms with E-state index in [9.17, 15) is 4.79 Å². The van der Waals surface area contributed by atoms with Crippen LogP contribution in [0.4, 0.5) is 0 Å². The molecule has 0 amide bonds. The fourth-order valence-corrected chi connectivity index (χ4v) is 4.81. The number of aliphatic carboxylic acids is 1. The van der Waals surface area contributed by atoms with Crippen molar-refractivity contribution in [3.8, 4) is 0 Å². The molecule has 6 heteroatoms. The van der Waals surface area contributed by atoms with Crippen molar-refractivity contribution in [1.29, 1.82) is 0 Å². The summed E-state index contributed by atoms with van der Waals surface area (Å²) in [6, 6.07) is 17.0. The van der Waals surface area contributed by atoms with Gasteiger partial charge in [0, 0.05) is 25.2 Å². The summed E-state index contributed by atoms with van der Waals surface area (Å²) in [4.78, 5) is 23.5. The standard InChI is InChI=1S/C25H29N3O3/c29-25(30)22-15-28(16-22)14-17-6-8-20(9-7-17)23-26-24(31-27-23)21-12-10-19(11-13-21)18-4-2-1-3-5-18/h6-13,18,22-23,27H,1-5,14-16H2,(H,29,30). The van der Waals surface area contributed by atoms with E-state index in [-0.39, 0.29) is 12.1 Å². The zero-order valence-corrected chi connectivity index (χ0v) is 17.7. The van der Waals surface area contributed by atoms with Crippen LogP contribution in [0.5, 0.6) is 0 Å². The SMILES string of the molecule is O=C(O)C1CN(Cc2ccc(C3N=C(c4ccc(C5CCCCC5)cc4)ON3)cc2)C1. The van der Waals surface area contributed by atoms with Crippen molar-refractivity contribution in [1.82, 2.24) is 10.4 Å². The van der Waals surface area contributed by atoms with Gasteiger partial charge in [-0.1, -0.05) is 55.7 Å². The molecule has 0 radical (unpaired) electrons. The van der Waals surface area contributed by atoms with E-state index in [1.54, 1.807) is 0 Å². The van der Waals surface area contributed by atoms with Crippen molar-refractivity contribution in [3.63, 3.8) is 0 Å². The summed E-state index contributed by atoms with van der Waals surface area (Å²) in [6.07, 6.45) is 6.43. The lowest BCUT2D eigenvalue weighted by molar-refractivity contribution is -0.147. The summed E-state index contributed by atoms with van der Waals surface area (Å²) in [7, 11) is 0. The van der Waals surface area contributed by atoms with Gasteiger partial charge in [0.2, 0.25) is 5.90 Å². The molecule has 2 heterocycles.